The number of amides is 1. The summed E-state index contributed by atoms with van der Waals surface area (Å²) in [5, 5.41) is 6.26. The fourth-order valence-corrected chi connectivity index (χ4v) is 3.04. The lowest BCUT2D eigenvalue weighted by Crippen LogP contribution is -2.48. The molecule has 1 atom stereocenters. The number of rotatable bonds is 5. The van der Waals surface area contributed by atoms with Crippen LogP contribution in [-0.2, 0) is 4.79 Å². The molecule has 3 rings (SSSR count). The number of carbonyl (C=O) groups is 2. The minimum Gasteiger partial charge on any atom is -0.325 e. The van der Waals surface area contributed by atoms with Gasteiger partial charge in [0.25, 0.3) is 0 Å². The van der Waals surface area contributed by atoms with Crippen LogP contribution in [-0.4, -0.2) is 47.8 Å². The van der Waals surface area contributed by atoms with Crippen LogP contribution < -0.4 is 10.6 Å². The standard InChI is InChI=1S/C19H22N4O2/c1-14(24)15-4-2-6-17(10-15)22-19(25)13-23-9-8-21-12-18(23)16-5-3-7-20-11-16/h2-7,10-11,18,21H,8-9,12-13H2,1H3,(H,22,25). The second-order valence-electron chi connectivity index (χ2n) is 6.16. The molecule has 0 spiro atoms. The number of benzene rings is 1. The third-order valence-corrected chi connectivity index (χ3v) is 4.32. The van der Waals surface area contributed by atoms with E-state index in [2.05, 4.69) is 20.5 Å². The Labute approximate surface area is 147 Å². The Morgan fingerprint density at radius 2 is 2.20 bits per heavy atom. The first-order valence-corrected chi connectivity index (χ1v) is 8.39. The summed E-state index contributed by atoms with van der Waals surface area (Å²) in [6.45, 7) is 4.24. The third kappa shape index (κ3) is 4.49. The average molecular weight is 338 g/mol. The van der Waals surface area contributed by atoms with E-state index in [-0.39, 0.29) is 17.7 Å². The van der Waals surface area contributed by atoms with Crippen molar-refractivity contribution >= 4 is 17.4 Å². The molecular weight excluding hydrogens is 316 g/mol. The van der Waals surface area contributed by atoms with Crippen molar-refractivity contribution in [2.75, 3.05) is 31.5 Å². The summed E-state index contributed by atoms with van der Waals surface area (Å²) in [7, 11) is 0. The summed E-state index contributed by atoms with van der Waals surface area (Å²) in [5.41, 5.74) is 2.33. The quantitative estimate of drug-likeness (QED) is 0.814. The summed E-state index contributed by atoms with van der Waals surface area (Å²) in [5.74, 6) is -0.105. The van der Waals surface area contributed by atoms with Gasteiger partial charge in [0, 0.05) is 49.3 Å². The van der Waals surface area contributed by atoms with Crippen molar-refractivity contribution in [3.63, 3.8) is 0 Å². The first-order chi connectivity index (χ1) is 12.1. The second-order valence-corrected chi connectivity index (χ2v) is 6.16. The monoisotopic (exact) mass is 338 g/mol. The van der Waals surface area contributed by atoms with E-state index in [1.807, 2.05) is 18.3 Å². The number of piperazine rings is 1. The van der Waals surface area contributed by atoms with Gasteiger partial charge in [0.1, 0.15) is 0 Å². The molecule has 2 N–H and O–H groups in total. The number of hydrogen-bond acceptors (Lipinski definition) is 5. The number of anilines is 1. The Hall–Kier alpha value is -2.57. The highest BCUT2D eigenvalue weighted by Gasteiger charge is 2.25. The van der Waals surface area contributed by atoms with Crippen LogP contribution in [0.15, 0.2) is 48.8 Å². The molecule has 1 aromatic carbocycles. The molecule has 1 fully saturated rings. The molecule has 6 nitrogen and oxygen atoms in total. The van der Waals surface area contributed by atoms with Crippen molar-refractivity contribution in [3.8, 4) is 0 Å². The molecular formula is C19H22N4O2. The topological polar surface area (TPSA) is 74.3 Å². The Balaban J connectivity index is 1.66. The molecule has 1 aromatic heterocycles. The number of nitrogens with zero attached hydrogens (tertiary/aromatic N) is 2. The summed E-state index contributed by atoms with van der Waals surface area (Å²) < 4.78 is 0. The van der Waals surface area contributed by atoms with Crippen LogP contribution in [0.25, 0.3) is 0 Å². The van der Waals surface area contributed by atoms with Crippen LogP contribution in [0.4, 0.5) is 5.69 Å². The fraction of sp³-hybridized carbons (Fsp3) is 0.316. The van der Waals surface area contributed by atoms with Gasteiger partial charge in [-0.15, -0.1) is 0 Å². The molecule has 1 aliphatic rings. The van der Waals surface area contributed by atoms with Gasteiger partial charge in [0.15, 0.2) is 5.78 Å². The highest BCUT2D eigenvalue weighted by molar-refractivity contribution is 5.97. The predicted molar refractivity (Wildman–Crippen MR) is 96.5 cm³/mol. The van der Waals surface area contributed by atoms with Crippen LogP contribution in [0.1, 0.15) is 28.9 Å². The van der Waals surface area contributed by atoms with Gasteiger partial charge < -0.3 is 10.6 Å². The van der Waals surface area contributed by atoms with Gasteiger partial charge in [0.05, 0.1) is 6.54 Å². The van der Waals surface area contributed by atoms with Crippen molar-refractivity contribution in [2.45, 2.75) is 13.0 Å². The Kier molecular flexibility index (Phi) is 5.53. The van der Waals surface area contributed by atoms with E-state index >= 15 is 0 Å². The van der Waals surface area contributed by atoms with E-state index < -0.39 is 0 Å². The number of Topliss-reactive ketones (excluding diaryl/α,β-unsaturated/α-hetero) is 1. The average Bonchev–Trinajstić information content (AvgIpc) is 2.63. The lowest BCUT2D eigenvalue weighted by atomic mass is 10.1. The minimum atomic E-state index is -0.0866. The van der Waals surface area contributed by atoms with Gasteiger partial charge in [-0.05, 0) is 30.7 Å². The first kappa shape index (κ1) is 17.3. The predicted octanol–water partition coefficient (Wildman–Crippen LogP) is 1.87. The maximum Gasteiger partial charge on any atom is 0.238 e. The number of pyridine rings is 1. The fourth-order valence-electron chi connectivity index (χ4n) is 3.04. The van der Waals surface area contributed by atoms with Crippen LogP contribution in [0.2, 0.25) is 0 Å². The second kappa shape index (κ2) is 8.00. The molecule has 1 unspecified atom stereocenters. The van der Waals surface area contributed by atoms with Gasteiger partial charge in [-0.3, -0.25) is 19.5 Å². The van der Waals surface area contributed by atoms with E-state index in [1.54, 1.807) is 30.5 Å². The summed E-state index contributed by atoms with van der Waals surface area (Å²) >= 11 is 0. The summed E-state index contributed by atoms with van der Waals surface area (Å²) in [4.78, 5) is 30.3. The van der Waals surface area contributed by atoms with E-state index in [0.717, 1.165) is 25.2 Å². The smallest absolute Gasteiger partial charge is 0.238 e. The zero-order chi connectivity index (χ0) is 17.6. The van der Waals surface area contributed by atoms with E-state index in [1.165, 1.54) is 6.92 Å². The molecule has 130 valence electrons. The Morgan fingerprint density at radius 1 is 1.32 bits per heavy atom. The van der Waals surface area contributed by atoms with Crippen LogP contribution in [0.3, 0.4) is 0 Å². The Morgan fingerprint density at radius 3 is 2.96 bits per heavy atom. The van der Waals surface area contributed by atoms with Crippen molar-refractivity contribution in [3.05, 3.63) is 59.9 Å². The van der Waals surface area contributed by atoms with Crippen molar-refractivity contribution < 1.29 is 9.59 Å². The highest BCUT2D eigenvalue weighted by Crippen LogP contribution is 2.21. The number of hydrogen-bond donors (Lipinski definition) is 2. The van der Waals surface area contributed by atoms with Crippen LogP contribution in [0, 0.1) is 0 Å². The van der Waals surface area contributed by atoms with Crippen molar-refractivity contribution in [2.24, 2.45) is 0 Å². The van der Waals surface area contributed by atoms with Gasteiger partial charge in [-0.2, -0.15) is 0 Å². The lowest BCUT2D eigenvalue weighted by Gasteiger charge is -2.35. The van der Waals surface area contributed by atoms with Gasteiger partial charge in [-0.1, -0.05) is 18.2 Å². The first-order valence-electron chi connectivity index (χ1n) is 8.39. The lowest BCUT2D eigenvalue weighted by molar-refractivity contribution is -0.118. The molecule has 0 aliphatic carbocycles. The summed E-state index contributed by atoms with van der Waals surface area (Å²) in [6, 6.07) is 11.1. The van der Waals surface area contributed by atoms with Crippen LogP contribution >= 0.6 is 0 Å². The molecule has 0 saturated carbocycles. The third-order valence-electron chi connectivity index (χ3n) is 4.32. The van der Waals surface area contributed by atoms with Gasteiger partial charge >= 0.3 is 0 Å². The zero-order valence-corrected chi connectivity index (χ0v) is 14.2. The number of carbonyl (C=O) groups excluding carboxylic acids is 2. The Bertz CT molecular complexity index is 748. The molecule has 1 aliphatic heterocycles. The normalized spacial score (nSPS) is 17.9. The van der Waals surface area contributed by atoms with Gasteiger partial charge in [0.2, 0.25) is 5.91 Å². The van der Waals surface area contributed by atoms with Crippen LogP contribution in [0.5, 0.6) is 0 Å². The molecule has 1 amide bonds. The molecule has 0 bridgehead atoms. The molecule has 1 saturated heterocycles. The molecule has 6 heteroatoms. The van der Waals surface area contributed by atoms with E-state index in [0.29, 0.717) is 17.8 Å². The maximum absolute atomic E-state index is 12.5. The molecule has 0 radical (unpaired) electrons. The van der Waals surface area contributed by atoms with E-state index in [9.17, 15) is 9.59 Å². The summed E-state index contributed by atoms with van der Waals surface area (Å²) in [6.07, 6.45) is 3.59. The van der Waals surface area contributed by atoms with Crippen molar-refractivity contribution in [1.82, 2.24) is 15.2 Å². The highest BCUT2D eigenvalue weighted by atomic mass is 16.2. The molecule has 25 heavy (non-hydrogen) atoms. The van der Waals surface area contributed by atoms with Crippen molar-refractivity contribution in [1.29, 1.82) is 0 Å². The zero-order valence-electron chi connectivity index (χ0n) is 14.2. The SMILES string of the molecule is CC(=O)c1cccc(NC(=O)CN2CCNCC2c2cccnc2)c1. The maximum atomic E-state index is 12.5. The van der Waals surface area contributed by atoms with E-state index in [4.69, 9.17) is 0 Å². The largest absolute Gasteiger partial charge is 0.325 e. The molecule has 2 heterocycles. The number of ketones is 1. The molecule has 2 aromatic rings. The number of nitrogens with one attached hydrogen (secondary N) is 2. The van der Waals surface area contributed by atoms with Gasteiger partial charge in [-0.25, -0.2) is 0 Å². The number of aromatic nitrogens is 1. The minimum absolute atomic E-state index is 0.0187.